The van der Waals surface area contributed by atoms with Crippen molar-refractivity contribution in [2.75, 3.05) is 46.9 Å². The molecule has 0 saturated carbocycles. The molecule has 38 heavy (non-hydrogen) atoms. The van der Waals surface area contributed by atoms with Crippen LogP contribution in [0.5, 0.6) is 5.75 Å². The van der Waals surface area contributed by atoms with E-state index in [2.05, 4.69) is 11.0 Å². The van der Waals surface area contributed by atoms with Crippen molar-refractivity contribution < 1.29 is 23.8 Å². The Labute approximate surface area is 222 Å². The van der Waals surface area contributed by atoms with E-state index in [4.69, 9.17) is 19.5 Å². The third kappa shape index (κ3) is 6.76. The van der Waals surface area contributed by atoms with Crippen molar-refractivity contribution in [1.82, 2.24) is 9.80 Å². The minimum atomic E-state index is -0.372. The van der Waals surface area contributed by atoms with E-state index < -0.39 is 0 Å². The number of esters is 1. The van der Waals surface area contributed by atoms with Gasteiger partial charge < -0.3 is 19.1 Å². The lowest BCUT2D eigenvalue weighted by atomic mass is 10.1. The molecular formula is C30H31N3O5. The maximum atomic E-state index is 12.9. The second-order valence-corrected chi connectivity index (χ2v) is 9.05. The Balaban J connectivity index is 1.40. The predicted octanol–water partition coefficient (Wildman–Crippen LogP) is 4.07. The summed E-state index contributed by atoms with van der Waals surface area (Å²) < 4.78 is 16.6. The highest BCUT2D eigenvalue weighted by atomic mass is 16.5. The fourth-order valence-electron chi connectivity index (χ4n) is 4.39. The second-order valence-electron chi connectivity index (χ2n) is 9.05. The number of methoxy groups -OCH3 is 2. The maximum absolute atomic E-state index is 12.9. The van der Waals surface area contributed by atoms with Gasteiger partial charge >= 0.3 is 5.97 Å². The van der Waals surface area contributed by atoms with Crippen molar-refractivity contribution in [3.8, 4) is 11.8 Å². The molecule has 1 atom stereocenters. The molecule has 3 aromatic carbocycles. The SMILES string of the molecule is COC(=O)c1ccc(CO[C@@H](CN2CCN(C(=O)c3ccc(C#N)cc3)CC2)c2cccc(OC)c2)cc1. The lowest BCUT2D eigenvalue weighted by Gasteiger charge is -2.36. The molecule has 4 rings (SSSR count). The highest BCUT2D eigenvalue weighted by molar-refractivity contribution is 5.94. The lowest BCUT2D eigenvalue weighted by molar-refractivity contribution is 0.00331. The van der Waals surface area contributed by atoms with Gasteiger partial charge in [0.25, 0.3) is 5.91 Å². The first-order valence-electron chi connectivity index (χ1n) is 12.5. The van der Waals surface area contributed by atoms with Gasteiger partial charge in [-0.1, -0.05) is 24.3 Å². The number of hydrogen-bond donors (Lipinski definition) is 0. The first-order chi connectivity index (χ1) is 18.5. The highest BCUT2D eigenvalue weighted by Gasteiger charge is 2.25. The van der Waals surface area contributed by atoms with E-state index in [1.807, 2.05) is 41.3 Å². The maximum Gasteiger partial charge on any atom is 0.337 e. The molecule has 1 aliphatic heterocycles. The summed E-state index contributed by atoms with van der Waals surface area (Å²) in [5, 5.41) is 8.99. The van der Waals surface area contributed by atoms with Gasteiger partial charge in [0.2, 0.25) is 0 Å². The van der Waals surface area contributed by atoms with Crippen molar-refractivity contribution in [2.45, 2.75) is 12.7 Å². The minimum Gasteiger partial charge on any atom is -0.497 e. The molecule has 8 heteroatoms. The van der Waals surface area contributed by atoms with Crippen LogP contribution in [0.4, 0.5) is 0 Å². The second kappa shape index (κ2) is 12.9. The van der Waals surface area contributed by atoms with Crippen LogP contribution in [-0.4, -0.2) is 68.6 Å². The lowest BCUT2D eigenvalue weighted by Crippen LogP contribution is -2.49. The molecule has 0 radical (unpaired) electrons. The van der Waals surface area contributed by atoms with Gasteiger partial charge in [-0.3, -0.25) is 9.69 Å². The molecule has 196 valence electrons. The molecule has 0 N–H and O–H groups in total. The molecule has 0 bridgehead atoms. The molecule has 0 aliphatic carbocycles. The quantitative estimate of drug-likeness (QED) is 0.398. The van der Waals surface area contributed by atoms with Gasteiger partial charge in [0.15, 0.2) is 0 Å². The van der Waals surface area contributed by atoms with Crippen molar-refractivity contribution in [3.05, 3.63) is 101 Å². The fourth-order valence-corrected chi connectivity index (χ4v) is 4.39. The van der Waals surface area contributed by atoms with Crippen molar-refractivity contribution in [1.29, 1.82) is 5.26 Å². The van der Waals surface area contributed by atoms with Crippen LogP contribution in [0.1, 0.15) is 43.5 Å². The van der Waals surface area contributed by atoms with Gasteiger partial charge in [-0.05, 0) is 59.7 Å². The minimum absolute atomic E-state index is 0.0230. The molecule has 3 aromatic rings. The number of hydrogen-bond acceptors (Lipinski definition) is 7. The van der Waals surface area contributed by atoms with Gasteiger partial charge in [-0.25, -0.2) is 4.79 Å². The van der Waals surface area contributed by atoms with Crippen LogP contribution in [0.2, 0.25) is 0 Å². The highest BCUT2D eigenvalue weighted by Crippen LogP contribution is 2.25. The summed E-state index contributed by atoms with van der Waals surface area (Å²) in [6, 6.07) is 23.9. The first kappa shape index (κ1) is 26.9. The topological polar surface area (TPSA) is 92.1 Å². The number of carbonyl (C=O) groups excluding carboxylic acids is 2. The molecular weight excluding hydrogens is 482 g/mol. The van der Waals surface area contributed by atoms with Crippen LogP contribution in [0.15, 0.2) is 72.8 Å². The smallest absolute Gasteiger partial charge is 0.337 e. The molecule has 1 amide bonds. The summed E-state index contributed by atoms with van der Waals surface area (Å²) in [4.78, 5) is 28.8. The van der Waals surface area contributed by atoms with Crippen molar-refractivity contribution in [2.24, 2.45) is 0 Å². The van der Waals surface area contributed by atoms with E-state index in [1.54, 1.807) is 43.5 Å². The van der Waals surface area contributed by atoms with Crippen molar-refractivity contribution >= 4 is 11.9 Å². The van der Waals surface area contributed by atoms with Crippen LogP contribution in [0.3, 0.4) is 0 Å². The molecule has 1 saturated heterocycles. The van der Waals surface area contributed by atoms with Gasteiger partial charge in [-0.2, -0.15) is 5.26 Å². The Morgan fingerprint density at radius 1 is 0.921 bits per heavy atom. The van der Waals surface area contributed by atoms with E-state index in [0.29, 0.717) is 42.9 Å². The Morgan fingerprint density at radius 2 is 1.61 bits per heavy atom. The summed E-state index contributed by atoms with van der Waals surface area (Å²) >= 11 is 0. The summed E-state index contributed by atoms with van der Waals surface area (Å²) in [6.45, 7) is 3.70. The largest absolute Gasteiger partial charge is 0.497 e. The third-order valence-electron chi connectivity index (χ3n) is 6.64. The number of piperazine rings is 1. The fraction of sp³-hybridized carbons (Fsp3) is 0.300. The monoisotopic (exact) mass is 513 g/mol. The number of rotatable bonds is 9. The van der Waals surface area contributed by atoms with Crippen LogP contribution >= 0.6 is 0 Å². The van der Waals surface area contributed by atoms with E-state index in [0.717, 1.165) is 30.0 Å². The molecule has 1 heterocycles. The van der Waals surface area contributed by atoms with Gasteiger partial charge in [0, 0.05) is 38.3 Å². The van der Waals surface area contributed by atoms with E-state index in [-0.39, 0.29) is 18.0 Å². The standard InChI is InChI=1S/C30H31N3O5/c1-36-27-5-3-4-26(18-27)28(38-21-23-8-12-25(13-9-23)30(35)37-2)20-32-14-16-33(17-15-32)29(34)24-10-6-22(19-31)7-11-24/h3-13,18,28H,14-17,20-21H2,1-2H3/t28-/m0/s1. The third-order valence-corrected chi connectivity index (χ3v) is 6.64. The average molecular weight is 514 g/mol. The van der Waals surface area contributed by atoms with Crippen LogP contribution in [-0.2, 0) is 16.1 Å². The molecule has 0 aromatic heterocycles. The Morgan fingerprint density at radius 3 is 2.24 bits per heavy atom. The Hall–Kier alpha value is -4.19. The summed E-state index contributed by atoms with van der Waals surface area (Å²) in [5.74, 6) is 0.366. The van der Waals surface area contributed by atoms with Gasteiger partial charge in [0.05, 0.1) is 44.1 Å². The van der Waals surface area contributed by atoms with E-state index >= 15 is 0 Å². The number of nitriles is 1. The summed E-state index contributed by atoms with van der Waals surface area (Å²) in [5.41, 5.74) is 3.58. The van der Waals surface area contributed by atoms with E-state index in [9.17, 15) is 9.59 Å². The van der Waals surface area contributed by atoms with Gasteiger partial charge in [0.1, 0.15) is 5.75 Å². The molecule has 1 fully saturated rings. The molecule has 1 aliphatic rings. The van der Waals surface area contributed by atoms with Crippen LogP contribution < -0.4 is 4.74 Å². The number of amides is 1. The molecule has 0 unspecified atom stereocenters. The average Bonchev–Trinajstić information content (AvgIpc) is 2.99. The number of carbonyl (C=O) groups is 2. The Kier molecular flexibility index (Phi) is 9.09. The van der Waals surface area contributed by atoms with Gasteiger partial charge in [-0.15, -0.1) is 0 Å². The Bertz CT molecular complexity index is 1280. The number of ether oxygens (including phenoxy) is 3. The van der Waals surface area contributed by atoms with Crippen LogP contribution in [0, 0.1) is 11.3 Å². The normalized spacial score (nSPS) is 14.4. The van der Waals surface area contributed by atoms with Crippen LogP contribution in [0.25, 0.3) is 0 Å². The molecule has 0 spiro atoms. The molecule has 8 nitrogen and oxygen atoms in total. The zero-order valence-electron chi connectivity index (χ0n) is 21.6. The predicted molar refractivity (Wildman–Crippen MR) is 142 cm³/mol. The number of nitrogens with zero attached hydrogens (tertiary/aromatic N) is 3. The first-order valence-corrected chi connectivity index (χ1v) is 12.5. The summed E-state index contributed by atoms with van der Waals surface area (Å²) in [6.07, 6.45) is -0.217. The van der Waals surface area contributed by atoms with E-state index in [1.165, 1.54) is 7.11 Å². The van der Waals surface area contributed by atoms with Crippen molar-refractivity contribution in [3.63, 3.8) is 0 Å². The zero-order chi connectivity index (χ0) is 26.9. The number of benzene rings is 3. The zero-order valence-corrected chi connectivity index (χ0v) is 21.6. The summed E-state index contributed by atoms with van der Waals surface area (Å²) in [7, 11) is 3.00.